The number of benzene rings is 4. The van der Waals surface area contributed by atoms with Crippen molar-refractivity contribution in [3.63, 3.8) is 0 Å². The Morgan fingerprint density at radius 3 is 2.09 bits per heavy atom. The molecule has 0 aliphatic carbocycles. The minimum absolute atomic E-state index is 0.00464. The highest BCUT2D eigenvalue weighted by molar-refractivity contribution is 7.98. The van der Waals surface area contributed by atoms with Gasteiger partial charge < -0.3 is 15.7 Å². The summed E-state index contributed by atoms with van der Waals surface area (Å²) in [5.74, 6) is -1.85. The fraction of sp³-hybridized carbons (Fsp3) is 0.147. The van der Waals surface area contributed by atoms with Gasteiger partial charge in [0.2, 0.25) is 0 Å². The van der Waals surface area contributed by atoms with Crippen molar-refractivity contribution in [1.29, 1.82) is 0 Å². The maximum atomic E-state index is 13.3. The van der Waals surface area contributed by atoms with E-state index in [1.807, 2.05) is 60.7 Å². The van der Waals surface area contributed by atoms with Gasteiger partial charge in [0.25, 0.3) is 11.8 Å². The number of thioether (sulfide) groups is 1. The molecule has 1 unspecified atom stereocenters. The molecule has 0 saturated heterocycles. The number of aliphatic carboxylic acids is 1. The van der Waals surface area contributed by atoms with Crippen LogP contribution in [0.3, 0.4) is 0 Å². The number of halogens is 3. The maximum absolute atomic E-state index is 13.3. The van der Waals surface area contributed by atoms with Gasteiger partial charge in [-0.15, -0.1) is 0 Å². The van der Waals surface area contributed by atoms with E-state index in [-0.39, 0.29) is 17.5 Å². The Balaban J connectivity index is 1.52. The molecule has 4 aromatic rings. The Morgan fingerprint density at radius 1 is 0.818 bits per heavy atom. The molecule has 44 heavy (non-hydrogen) atoms. The average molecular weight is 619 g/mol. The van der Waals surface area contributed by atoms with Gasteiger partial charge >= 0.3 is 12.1 Å². The fourth-order valence-corrected chi connectivity index (χ4v) is 5.20. The van der Waals surface area contributed by atoms with E-state index in [1.54, 1.807) is 24.3 Å². The van der Waals surface area contributed by atoms with Gasteiger partial charge in [-0.1, -0.05) is 84.9 Å². The minimum atomic E-state index is -4.62. The third kappa shape index (κ3) is 9.34. The first-order chi connectivity index (χ1) is 21.1. The summed E-state index contributed by atoms with van der Waals surface area (Å²) in [5.41, 5.74) is 1.71. The van der Waals surface area contributed by atoms with Gasteiger partial charge in [0.05, 0.1) is 5.56 Å². The lowest BCUT2D eigenvalue weighted by molar-refractivity contribution is -0.141. The number of hydrogen-bond donors (Lipinski definition) is 3. The Morgan fingerprint density at radius 2 is 1.45 bits per heavy atom. The summed E-state index contributed by atoms with van der Waals surface area (Å²) in [6.07, 6.45) is -3.45. The number of carbonyl (C=O) groups is 3. The molecular formula is C34H29F3N2O4S. The van der Waals surface area contributed by atoms with Crippen molar-refractivity contribution in [2.24, 2.45) is 0 Å². The van der Waals surface area contributed by atoms with Crippen molar-refractivity contribution >= 4 is 35.6 Å². The van der Waals surface area contributed by atoms with E-state index in [2.05, 4.69) is 10.6 Å². The summed E-state index contributed by atoms with van der Waals surface area (Å²) in [6, 6.07) is 28.6. The zero-order chi connectivity index (χ0) is 31.5. The largest absolute Gasteiger partial charge is 0.480 e. The van der Waals surface area contributed by atoms with Crippen LogP contribution in [0.4, 0.5) is 13.2 Å². The summed E-state index contributed by atoms with van der Waals surface area (Å²) in [5, 5.41) is 14.6. The Labute approximate surface area is 257 Å². The SMILES string of the molecule is O=C(NC(CCSCc1ccccc1)C(=O)O)/C(=C\c1cccc(C(F)(F)F)c1)NC(=O)c1ccc(-c2ccccc2)cc1. The normalized spacial score (nSPS) is 12.3. The Bertz CT molecular complexity index is 1610. The van der Waals surface area contributed by atoms with Crippen LogP contribution in [0.1, 0.15) is 33.5 Å². The lowest BCUT2D eigenvalue weighted by Gasteiger charge is -2.17. The fourth-order valence-electron chi connectivity index (χ4n) is 4.23. The number of hydrogen-bond acceptors (Lipinski definition) is 4. The topological polar surface area (TPSA) is 95.5 Å². The molecule has 6 nitrogen and oxygen atoms in total. The molecule has 0 aliphatic heterocycles. The Kier molecular flexibility index (Phi) is 11.0. The van der Waals surface area contributed by atoms with Crippen LogP contribution in [-0.2, 0) is 21.5 Å². The molecule has 10 heteroatoms. The molecule has 0 spiro atoms. The van der Waals surface area contributed by atoms with Crippen LogP contribution in [0.2, 0.25) is 0 Å². The summed E-state index contributed by atoms with van der Waals surface area (Å²) >= 11 is 1.50. The second-order valence-corrected chi connectivity index (χ2v) is 10.9. The van der Waals surface area contributed by atoms with Crippen LogP contribution < -0.4 is 10.6 Å². The van der Waals surface area contributed by atoms with Gasteiger partial charge in [0.15, 0.2) is 0 Å². The standard InChI is InChI=1S/C34H29F3N2O4S/c35-34(36,37)28-13-7-10-24(20-28)21-30(39-31(40)27-16-14-26(15-17-27)25-11-5-2-6-12-25)32(41)38-29(33(42)43)18-19-44-22-23-8-3-1-4-9-23/h1-17,20-21,29H,18-19,22H2,(H,38,41)(H,39,40)(H,42,43)/b30-21+. The van der Waals surface area contributed by atoms with Crippen molar-refractivity contribution < 1.29 is 32.7 Å². The summed E-state index contributed by atoms with van der Waals surface area (Å²) in [4.78, 5) is 38.4. The lowest BCUT2D eigenvalue weighted by Crippen LogP contribution is -2.44. The zero-order valence-electron chi connectivity index (χ0n) is 23.4. The first-order valence-corrected chi connectivity index (χ1v) is 14.8. The molecule has 0 radical (unpaired) electrons. The highest BCUT2D eigenvalue weighted by atomic mass is 32.2. The number of alkyl halides is 3. The highest BCUT2D eigenvalue weighted by Gasteiger charge is 2.30. The van der Waals surface area contributed by atoms with Gasteiger partial charge in [-0.25, -0.2) is 4.79 Å². The number of carbonyl (C=O) groups excluding carboxylic acids is 2. The van der Waals surface area contributed by atoms with E-state index in [4.69, 9.17) is 0 Å². The van der Waals surface area contributed by atoms with Crippen LogP contribution in [0.5, 0.6) is 0 Å². The Hall–Kier alpha value is -4.83. The molecule has 2 amide bonds. The number of carboxylic acids is 1. The first kappa shape index (κ1) is 32.1. The number of carboxylic acid groups (broad SMARTS) is 1. The third-order valence-electron chi connectivity index (χ3n) is 6.54. The number of amides is 2. The van der Waals surface area contributed by atoms with Crippen molar-refractivity contribution in [1.82, 2.24) is 10.6 Å². The maximum Gasteiger partial charge on any atom is 0.416 e. The number of rotatable bonds is 12. The van der Waals surface area contributed by atoms with E-state index in [0.29, 0.717) is 11.5 Å². The van der Waals surface area contributed by atoms with Crippen molar-refractivity contribution in [2.75, 3.05) is 5.75 Å². The van der Waals surface area contributed by atoms with Gasteiger partial charge in [0.1, 0.15) is 11.7 Å². The van der Waals surface area contributed by atoms with Crippen molar-refractivity contribution in [3.05, 3.63) is 137 Å². The third-order valence-corrected chi connectivity index (χ3v) is 7.60. The van der Waals surface area contributed by atoms with Crippen molar-refractivity contribution in [2.45, 2.75) is 24.4 Å². The molecule has 226 valence electrons. The van der Waals surface area contributed by atoms with Crippen LogP contribution in [0.25, 0.3) is 17.2 Å². The predicted octanol–water partition coefficient (Wildman–Crippen LogP) is 7.04. The van der Waals surface area contributed by atoms with E-state index in [1.165, 1.54) is 23.9 Å². The van der Waals surface area contributed by atoms with Crippen LogP contribution >= 0.6 is 11.8 Å². The summed E-state index contributed by atoms with van der Waals surface area (Å²) in [7, 11) is 0. The highest BCUT2D eigenvalue weighted by Crippen LogP contribution is 2.30. The quantitative estimate of drug-likeness (QED) is 0.117. The molecule has 0 saturated carbocycles. The second kappa shape index (κ2) is 15.1. The predicted molar refractivity (Wildman–Crippen MR) is 166 cm³/mol. The van der Waals surface area contributed by atoms with Crippen molar-refractivity contribution in [3.8, 4) is 11.1 Å². The first-order valence-electron chi connectivity index (χ1n) is 13.6. The van der Waals surface area contributed by atoms with Crippen LogP contribution in [0, 0.1) is 0 Å². The summed E-state index contributed by atoms with van der Waals surface area (Å²) < 4.78 is 40.0. The summed E-state index contributed by atoms with van der Waals surface area (Å²) in [6.45, 7) is 0. The number of nitrogens with one attached hydrogen (secondary N) is 2. The van der Waals surface area contributed by atoms with Gasteiger partial charge in [-0.3, -0.25) is 9.59 Å². The second-order valence-electron chi connectivity index (χ2n) is 9.77. The minimum Gasteiger partial charge on any atom is -0.480 e. The molecule has 0 bridgehead atoms. The molecule has 0 aromatic heterocycles. The van der Waals surface area contributed by atoms with Crippen LogP contribution in [0.15, 0.2) is 115 Å². The van der Waals surface area contributed by atoms with E-state index in [0.717, 1.165) is 34.9 Å². The van der Waals surface area contributed by atoms with E-state index < -0.39 is 41.3 Å². The zero-order valence-corrected chi connectivity index (χ0v) is 24.2. The molecule has 4 rings (SSSR count). The molecular weight excluding hydrogens is 589 g/mol. The van der Waals surface area contributed by atoms with E-state index >= 15 is 0 Å². The molecule has 0 aliphatic rings. The smallest absolute Gasteiger partial charge is 0.416 e. The molecule has 4 aromatic carbocycles. The molecule has 3 N–H and O–H groups in total. The molecule has 1 atom stereocenters. The van der Waals surface area contributed by atoms with Gasteiger partial charge in [-0.05, 0) is 64.8 Å². The average Bonchev–Trinajstić information content (AvgIpc) is 3.02. The molecule has 0 fully saturated rings. The van der Waals surface area contributed by atoms with Gasteiger partial charge in [-0.2, -0.15) is 24.9 Å². The molecule has 0 heterocycles. The van der Waals surface area contributed by atoms with E-state index in [9.17, 15) is 32.7 Å². The van der Waals surface area contributed by atoms with Crippen LogP contribution in [-0.4, -0.2) is 34.7 Å². The van der Waals surface area contributed by atoms with Gasteiger partial charge in [0, 0.05) is 11.3 Å². The lowest BCUT2D eigenvalue weighted by atomic mass is 10.0. The monoisotopic (exact) mass is 618 g/mol.